The summed E-state index contributed by atoms with van der Waals surface area (Å²) < 4.78 is 0. The lowest BCUT2D eigenvalue weighted by Crippen LogP contribution is -2.27. The van der Waals surface area contributed by atoms with E-state index in [2.05, 4.69) is 29.0 Å². The van der Waals surface area contributed by atoms with E-state index in [0.717, 1.165) is 13.0 Å². The minimum atomic E-state index is -0.365. The molecule has 2 rings (SSSR count). The van der Waals surface area contributed by atoms with Crippen molar-refractivity contribution in [3.63, 3.8) is 0 Å². The number of rotatable bonds is 4. The predicted octanol–water partition coefficient (Wildman–Crippen LogP) is 2.66. The van der Waals surface area contributed by atoms with Crippen LogP contribution in [-0.4, -0.2) is 29.0 Å². The van der Waals surface area contributed by atoms with Crippen LogP contribution in [0.15, 0.2) is 12.1 Å². The molecule has 1 aromatic heterocycles. The third-order valence-electron chi connectivity index (χ3n) is 3.44. The zero-order valence-electron chi connectivity index (χ0n) is 11.6. The molecule has 0 bridgehead atoms. The predicted molar refractivity (Wildman–Crippen MR) is 75.6 cm³/mol. The summed E-state index contributed by atoms with van der Waals surface area (Å²) in [6.45, 7) is 7.87. The zero-order chi connectivity index (χ0) is 14.0. The van der Waals surface area contributed by atoms with E-state index in [-0.39, 0.29) is 10.6 Å². The van der Waals surface area contributed by atoms with Crippen LogP contribution in [0.5, 0.6) is 0 Å². The first kappa shape index (κ1) is 13.6. The van der Waals surface area contributed by atoms with Crippen molar-refractivity contribution in [3.8, 4) is 0 Å². The average molecular weight is 264 g/mol. The Kier molecular flexibility index (Phi) is 3.87. The topological polar surface area (TPSA) is 71.3 Å². The quantitative estimate of drug-likeness (QED) is 0.668. The summed E-state index contributed by atoms with van der Waals surface area (Å²) in [4.78, 5) is 17.3. The molecule has 6 heteroatoms. The Balaban J connectivity index is 2.36. The van der Waals surface area contributed by atoms with Crippen LogP contribution in [0.25, 0.3) is 0 Å². The van der Waals surface area contributed by atoms with Crippen LogP contribution in [0, 0.1) is 16.0 Å². The Bertz CT molecular complexity index is 478. The van der Waals surface area contributed by atoms with Crippen LogP contribution < -0.4 is 10.2 Å². The van der Waals surface area contributed by atoms with Gasteiger partial charge in [0.05, 0.1) is 17.1 Å². The summed E-state index contributed by atoms with van der Waals surface area (Å²) in [5.74, 6) is 1.86. The lowest BCUT2D eigenvalue weighted by atomic mass is 10.1. The normalized spacial score (nSPS) is 22.6. The van der Waals surface area contributed by atoms with Crippen molar-refractivity contribution in [2.24, 2.45) is 5.92 Å². The summed E-state index contributed by atoms with van der Waals surface area (Å²) in [5, 5.41) is 14.1. The molecule has 0 radical (unpaired) electrons. The number of aromatic nitrogens is 1. The van der Waals surface area contributed by atoms with Gasteiger partial charge in [0.25, 0.3) is 5.69 Å². The standard InChI is InChI=1S/C13H20N4O2/c1-4-14-12-6-11(17(18)19)7-13(15-12)16-8-9(2)5-10(16)3/h6-7,9-10H,4-5,8H2,1-3H3,(H,14,15). The van der Waals surface area contributed by atoms with Gasteiger partial charge in [0.1, 0.15) is 11.6 Å². The van der Waals surface area contributed by atoms with Crippen molar-refractivity contribution in [3.05, 3.63) is 22.2 Å². The van der Waals surface area contributed by atoms with Crippen LogP contribution in [-0.2, 0) is 0 Å². The maximum Gasteiger partial charge on any atom is 0.276 e. The number of nitrogens with one attached hydrogen (secondary N) is 1. The Labute approximate surface area is 113 Å². The number of hydrogen-bond donors (Lipinski definition) is 1. The molecular weight excluding hydrogens is 244 g/mol. The van der Waals surface area contributed by atoms with Gasteiger partial charge in [-0.1, -0.05) is 6.92 Å². The maximum atomic E-state index is 11.0. The van der Waals surface area contributed by atoms with Gasteiger partial charge in [-0.3, -0.25) is 10.1 Å². The zero-order valence-corrected chi connectivity index (χ0v) is 11.6. The molecule has 19 heavy (non-hydrogen) atoms. The van der Waals surface area contributed by atoms with Crippen LogP contribution in [0.3, 0.4) is 0 Å². The summed E-state index contributed by atoms with van der Waals surface area (Å²) in [5.41, 5.74) is 0.0905. The summed E-state index contributed by atoms with van der Waals surface area (Å²) in [6, 6.07) is 3.42. The van der Waals surface area contributed by atoms with Gasteiger partial charge in [-0.2, -0.15) is 0 Å². The van der Waals surface area contributed by atoms with Gasteiger partial charge in [-0.15, -0.1) is 0 Å². The van der Waals surface area contributed by atoms with Crippen molar-refractivity contribution in [2.75, 3.05) is 23.3 Å². The average Bonchev–Trinajstić information content (AvgIpc) is 2.68. The van der Waals surface area contributed by atoms with Gasteiger partial charge in [0, 0.05) is 19.1 Å². The van der Waals surface area contributed by atoms with Gasteiger partial charge < -0.3 is 10.2 Å². The van der Waals surface area contributed by atoms with Gasteiger partial charge in [0.15, 0.2) is 0 Å². The van der Waals surface area contributed by atoms with Gasteiger partial charge >= 0.3 is 0 Å². The molecule has 6 nitrogen and oxygen atoms in total. The molecule has 0 aromatic carbocycles. The van der Waals surface area contributed by atoms with Crippen molar-refractivity contribution < 1.29 is 4.92 Å². The molecule has 104 valence electrons. The highest BCUT2D eigenvalue weighted by Crippen LogP contribution is 2.30. The molecule has 2 atom stereocenters. The molecule has 1 N–H and O–H groups in total. The fourth-order valence-electron chi connectivity index (χ4n) is 2.65. The lowest BCUT2D eigenvalue weighted by Gasteiger charge is -2.23. The smallest absolute Gasteiger partial charge is 0.276 e. The molecule has 2 heterocycles. The van der Waals surface area contributed by atoms with E-state index in [9.17, 15) is 10.1 Å². The van der Waals surface area contributed by atoms with E-state index in [1.807, 2.05) is 6.92 Å². The fourth-order valence-corrected chi connectivity index (χ4v) is 2.65. The Morgan fingerprint density at radius 2 is 2.26 bits per heavy atom. The van der Waals surface area contributed by atoms with Crippen LogP contribution in [0.4, 0.5) is 17.3 Å². The molecule has 1 saturated heterocycles. The summed E-state index contributed by atoms with van der Waals surface area (Å²) in [7, 11) is 0. The Hall–Kier alpha value is -1.85. The van der Waals surface area contributed by atoms with Crippen molar-refractivity contribution in [2.45, 2.75) is 33.2 Å². The molecular formula is C13H20N4O2. The molecule has 0 saturated carbocycles. The monoisotopic (exact) mass is 264 g/mol. The molecule has 0 amide bonds. The van der Waals surface area contributed by atoms with E-state index in [1.165, 1.54) is 6.07 Å². The molecule has 0 aliphatic carbocycles. The number of nitrogens with zero attached hydrogens (tertiary/aromatic N) is 3. The molecule has 1 fully saturated rings. The minimum Gasteiger partial charge on any atom is -0.370 e. The molecule has 1 aromatic rings. The van der Waals surface area contributed by atoms with Crippen molar-refractivity contribution in [1.29, 1.82) is 0 Å². The van der Waals surface area contributed by atoms with Gasteiger partial charge in [-0.25, -0.2) is 4.98 Å². The minimum absolute atomic E-state index is 0.0905. The Morgan fingerprint density at radius 3 is 2.79 bits per heavy atom. The lowest BCUT2D eigenvalue weighted by molar-refractivity contribution is -0.384. The number of pyridine rings is 1. The fraction of sp³-hybridized carbons (Fsp3) is 0.615. The van der Waals surface area contributed by atoms with Crippen LogP contribution >= 0.6 is 0 Å². The second-order valence-corrected chi connectivity index (χ2v) is 5.20. The molecule has 0 spiro atoms. The number of anilines is 2. The van der Waals surface area contributed by atoms with E-state index in [4.69, 9.17) is 0 Å². The largest absolute Gasteiger partial charge is 0.370 e. The molecule has 2 unspecified atom stereocenters. The second-order valence-electron chi connectivity index (χ2n) is 5.20. The highest BCUT2D eigenvalue weighted by atomic mass is 16.6. The number of hydrogen-bond acceptors (Lipinski definition) is 5. The van der Waals surface area contributed by atoms with Gasteiger partial charge in [-0.05, 0) is 26.2 Å². The van der Waals surface area contributed by atoms with Crippen molar-refractivity contribution >= 4 is 17.3 Å². The van der Waals surface area contributed by atoms with Crippen molar-refractivity contribution in [1.82, 2.24) is 4.98 Å². The second kappa shape index (κ2) is 5.42. The van der Waals surface area contributed by atoms with E-state index in [0.29, 0.717) is 30.1 Å². The van der Waals surface area contributed by atoms with Gasteiger partial charge in [0.2, 0.25) is 0 Å². The highest BCUT2D eigenvalue weighted by Gasteiger charge is 2.28. The Morgan fingerprint density at radius 1 is 1.53 bits per heavy atom. The van der Waals surface area contributed by atoms with E-state index >= 15 is 0 Å². The first-order chi connectivity index (χ1) is 9.01. The number of nitro groups is 1. The van der Waals surface area contributed by atoms with E-state index in [1.54, 1.807) is 6.07 Å². The third kappa shape index (κ3) is 2.94. The third-order valence-corrected chi connectivity index (χ3v) is 3.44. The molecule has 1 aliphatic heterocycles. The molecule has 1 aliphatic rings. The van der Waals surface area contributed by atoms with Crippen LogP contribution in [0.2, 0.25) is 0 Å². The van der Waals surface area contributed by atoms with E-state index < -0.39 is 0 Å². The SMILES string of the molecule is CCNc1cc([N+](=O)[O-])cc(N2CC(C)CC2C)n1. The summed E-state index contributed by atoms with van der Waals surface area (Å²) >= 11 is 0. The maximum absolute atomic E-state index is 11.0. The first-order valence-electron chi connectivity index (χ1n) is 6.68. The highest BCUT2D eigenvalue weighted by molar-refractivity contribution is 5.56. The summed E-state index contributed by atoms with van der Waals surface area (Å²) in [6.07, 6.45) is 1.10. The first-order valence-corrected chi connectivity index (χ1v) is 6.68. The van der Waals surface area contributed by atoms with Crippen LogP contribution in [0.1, 0.15) is 27.2 Å².